The van der Waals surface area contributed by atoms with Gasteiger partial charge in [0.25, 0.3) is 15.9 Å². The zero-order chi connectivity index (χ0) is 25.4. The molecule has 1 amide bonds. The molecular formula is C27H31N5O4S. The summed E-state index contributed by atoms with van der Waals surface area (Å²) in [5, 5.41) is 4.83. The minimum absolute atomic E-state index is 0.00514. The fourth-order valence-electron chi connectivity index (χ4n) is 5.63. The number of carbonyl (C=O) groups excluding carboxylic acids is 1. The molecule has 2 saturated heterocycles. The van der Waals surface area contributed by atoms with Gasteiger partial charge in [-0.1, -0.05) is 30.3 Å². The highest BCUT2D eigenvalue weighted by Crippen LogP contribution is 2.38. The summed E-state index contributed by atoms with van der Waals surface area (Å²) in [6.45, 7) is 4.92. The first kappa shape index (κ1) is 24.1. The van der Waals surface area contributed by atoms with Gasteiger partial charge < -0.3 is 15.0 Å². The smallest absolute Gasteiger partial charge is 0.262 e. The molecule has 1 aromatic heterocycles. The number of benzene rings is 2. The number of hydrogen-bond donors (Lipinski definition) is 1. The van der Waals surface area contributed by atoms with Crippen molar-refractivity contribution < 1.29 is 17.9 Å². The van der Waals surface area contributed by atoms with Gasteiger partial charge in [0.15, 0.2) is 17.4 Å². The highest BCUT2D eigenvalue weighted by Gasteiger charge is 2.36. The van der Waals surface area contributed by atoms with E-state index in [-0.39, 0.29) is 23.6 Å². The van der Waals surface area contributed by atoms with Crippen molar-refractivity contribution in [3.05, 3.63) is 54.7 Å². The Morgan fingerprint density at radius 1 is 1.00 bits per heavy atom. The van der Waals surface area contributed by atoms with E-state index in [1.807, 2.05) is 42.5 Å². The van der Waals surface area contributed by atoms with E-state index in [4.69, 9.17) is 4.74 Å². The van der Waals surface area contributed by atoms with E-state index in [2.05, 4.69) is 20.1 Å². The molecule has 2 fully saturated rings. The van der Waals surface area contributed by atoms with Crippen molar-refractivity contribution in [1.29, 1.82) is 0 Å². The van der Waals surface area contributed by atoms with Crippen LogP contribution in [0.25, 0.3) is 10.8 Å². The molecule has 194 valence electrons. The number of ether oxygens (including phenoxy) is 1. The standard InChI is InChI=1S/C27H31N5O4S/c33-25-19-36-27-23(29-25)8-3-9-24(27)31-15-13-30(14-16-31)12-10-22-7-4-11-32(22)37(34,35)26-17-20-5-1-2-6-21(20)18-28-26/h1-3,5-6,8-9,17-18,22H,4,7,10-16,19H2,(H,29,33)/t22-/m0/s1. The summed E-state index contributed by atoms with van der Waals surface area (Å²) >= 11 is 0. The number of nitrogens with zero attached hydrogens (tertiary/aromatic N) is 4. The molecular weight excluding hydrogens is 490 g/mol. The third-order valence-electron chi connectivity index (χ3n) is 7.61. The molecule has 1 atom stereocenters. The van der Waals surface area contributed by atoms with Gasteiger partial charge in [0.05, 0.1) is 11.4 Å². The summed E-state index contributed by atoms with van der Waals surface area (Å²) in [5.74, 6) is 0.610. The minimum Gasteiger partial charge on any atom is -0.479 e. The lowest BCUT2D eigenvalue weighted by Crippen LogP contribution is -2.48. The van der Waals surface area contributed by atoms with Crippen molar-refractivity contribution in [2.24, 2.45) is 0 Å². The number of para-hydroxylation sites is 1. The number of fused-ring (bicyclic) bond motifs is 2. The molecule has 3 aliphatic rings. The van der Waals surface area contributed by atoms with Gasteiger partial charge in [-0.15, -0.1) is 0 Å². The van der Waals surface area contributed by atoms with Crippen LogP contribution in [0.2, 0.25) is 0 Å². The molecule has 1 N–H and O–H groups in total. The quantitative estimate of drug-likeness (QED) is 0.533. The molecule has 3 aliphatic heterocycles. The Bertz CT molecular complexity index is 1420. The normalized spacial score (nSPS) is 21.0. The largest absolute Gasteiger partial charge is 0.479 e. The van der Waals surface area contributed by atoms with Crippen LogP contribution in [0.4, 0.5) is 11.4 Å². The number of sulfonamides is 1. The Morgan fingerprint density at radius 3 is 2.65 bits per heavy atom. The number of aromatic nitrogens is 1. The molecule has 0 spiro atoms. The van der Waals surface area contributed by atoms with Gasteiger partial charge >= 0.3 is 0 Å². The van der Waals surface area contributed by atoms with Crippen molar-refractivity contribution in [2.45, 2.75) is 30.3 Å². The average molecular weight is 522 g/mol. The lowest BCUT2D eigenvalue weighted by Gasteiger charge is -2.38. The molecule has 9 nitrogen and oxygen atoms in total. The zero-order valence-electron chi connectivity index (χ0n) is 20.7. The monoisotopic (exact) mass is 521 g/mol. The van der Waals surface area contributed by atoms with Gasteiger partial charge in [-0.2, -0.15) is 4.31 Å². The Morgan fingerprint density at radius 2 is 1.81 bits per heavy atom. The van der Waals surface area contributed by atoms with E-state index in [0.717, 1.165) is 79.9 Å². The maximum Gasteiger partial charge on any atom is 0.262 e. The number of nitrogens with one attached hydrogen (secondary N) is 1. The van der Waals surface area contributed by atoms with Gasteiger partial charge in [0.2, 0.25) is 0 Å². The van der Waals surface area contributed by atoms with E-state index in [9.17, 15) is 13.2 Å². The van der Waals surface area contributed by atoms with E-state index >= 15 is 0 Å². The van der Waals surface area contributed by atoms with Crippen LogP contribution in [0.5, 0.6) is 5.75 Å². The highest BCUT2D eigenvalue weighted by atomic mass is 32.2. The van der Waals surface area contributed by atoms with Gasteiger partial charge in [0, 0.05) is 50.3 Å². The number of amides is 1. The first-order valence-corrected chi connectivity index (χ1v) is 14.3. The predicted octanol–water partition coefficient (Wildman–Crippen LogP) is 2.93. The predicted molar refractivity (Wildman–Crippen MR) is 142 cm³/mol. The van der Waals surface area contributed by atoms with Crippen molar-refractivity contribution in [1.82, 2.24) is 14.2 Å². The van der Waals surface area contributed by atoms with Crippen LogP contribution >= 0.6 is 0 Å². The van der Waals surface area contributed by atoms with Crippen LogP contribution in [-0.2, 0) is 14.8 Å². The fourth-order valence-corrected chi connectivity index (χ4v) is 7.31. The second-order valence-electron chi connectivity index (χ2n) is 9.89. The Kier molecular flexibility index (Phi) is 6.48. The van der Waals surface area contributed by atoms with Gasteiger partial charge in [-0.3, -0.25) is 9.69 Å². The molecule has 0 saturated carbocycles. The molecule has 0 aliphatic carbocycles. The van der Waals surface area contributed by atoms with E-state index in [1.165, 1.54) is 0 Å². The number of rotatable bonds is 6. The fraction of sp³-hybridized carbons (Fsp3) is 0.407. The highest BCUT2D eigenvalue weighted by molar-refractivity contribution is 7.89. The third-order valence-corrected chi connectivity index (χ3v) is 9.46. The number of hydrogen-bond acceptors (Lipinski definition) is 7. The molecule has 4 heterocycles. The van der Waals surface area contributed by atoms with Crippen LogP contribution in [0.3, 0.4) is 0 Å². The molecule has 6 rings (SSSR count). The summed E-state index contributed by atoms with van der Waals surface area (Å²) in [6.07, 6.45) is 4.21. The molecule has 0 bridgehead atoms. The van der Waals surface area contributed by atoms with Crippen molar-refractivity contribution in [3.8, 4) is 5.75 Å². The first-order chi connectivity index (χ1) is 18.0. The number of carbonyl (C=O) groups is 1. The Hall–Kier alpha value is -3.21. The summed E-state index contributed by atoms with van der Waals surface area (Å²) in [6, 6.07) is 15.2. The Labute approximate surface area is 217 Å². The number of piperazine rings is 1. The SMILES string of the molecule is O=C1COc2c(cccc2N2CCN(CC[C@@H]3CCCN3S(=O)(=O)c3cc4ccccc4cn3)CC2)N1. The third kappa shape index (κ3) is 4.76. The van der Waals surface area contributed by atoms with Crippen LogP contribution in [0, 0.1) is 0 Å². The number of anilines is 2. The first-order valence-electron chi connectivity index (χ1n) is 12.9. The minimum atomic E-state index is -3.64. The molecule has 2 aromatic carbocycles. The zero-order valence-corrected chi connectivity index (χ0v) is 21.5. The lowest BCUT2D eigenvalue weighted by atomic mass is 10.1. The van der Waals surface area contributed by atoms with Crippen molar-refractivity contribution in [3.63, 3.8) is 0 Å². The summed E-state index contributed by atoms with van der Waals surface area (Å²) in [5.41, 5.74) is 1.73. The van der Waals surface area contributed by atoms with Crippen LogP contribution in [0.15, 0.2) is 59.8 Å². The summed E-state index contributed by atoms with van der Waals surface area (Å²) in [4.78, 5) is 20.7. The second kappa shape index (κ2) is 9.92. The maximum atomic E-state index is 13.5. The van der Waals surface area contributed by atoms with Crippen molar-refractivity contribution in [2.75, 3.05) is 56.1 Å². The van der Waals surface area contributed by atoms with Crippen LogP contribution in [0.1, 0.15) is 19.3 Å². The molecule has 10 heteroatoms. The maximum absolute atomic E-state index is 13.5. The lowest BCUT2D eigenvalue weighted by molar-refractivity contribution is -0.118. The van der Waals surface area contributed by atoms with Crippen molar-refractivity contribution >= 4 is 38.1 Å². The molecule has 37 heavy (non-hydrogen) atoms. The van der Waals surface area contributed by atoms with E-state index in [1.54, 1.807) is 16.6 Å². The second-order valence-corrected chi connectivity index (χ2v) is 11.7. The Balaban J connectivity index is 1.07. The van der Waals surface area contributed by atoms with Crippen LogP contribution < -0.4 is 15.0 Å². The van der Waals surface area contributed by atoms with Gasteiger partial charge in [-0.25, -0.2) is 13.4 Å². The van der Waals surface area contributed by atoms with Crippen LogP contribution in [-0.4, -0.2) is 80.4 Å². The van der Waals surface area contributed by atoms with E-state index in [0.29, 0.717) is 6.54 Å². The summed E-state index contributed by atoms with van der Waals surface area (Å²) < 4.78 is 34.4. The van der Waals surface area contributed by atoms with E-state index < -0.39 is 10.0 Å². The molecule has 0 unspecified atom stereocenters. The number of pyridine rings is 1. The topological polar surface area (TPSA) is 95.1 Å². The molecule has 0 radical (unpaired) electrons. The summed E-state index contributed by atoms with van der Waals surface area (Å²) in [7, 11) is -3.64. The molecule has 3 aromatic rings. The van der Waals surface area contributed by atoms with Gasteiger partial charge in [-0.05, 0) is 49.4 Å². The average Bonchev–Trinajstić information content (AvgIpc) is 3.41. The van der Waals surface area contributed by atoms with Gasteiger partial charge in [0.1, 0.15) is 0 Å².